The van der Waals surface area contributed by atoms with Gasteiger partial charge in [-0.25, -0.2) is 0 Å². The number of hydrogen-bond acceptors (Lipinski definition) is 2. The summed E-state index contributed by atoms with van der Waals surface area (Å²) in [7, 11) is 0. The molecule has 0 heterocycles. The van der Waals surface area contributed by atoms with Gasteiger partial charge in [0.15, 0.2) is 0 Å². The van der Waals surface area contributed by atoms with Crippen LogP contribution in [0, 0.1) is 12.8 Å². The van der Waals surface area contributed by atoms with Gasteiger partial charge in [-0.2, -0.15) is 0 Å². The Kier molecular flexibility index (Phi) is 5.06. The quantitative estimate of drug-likeness (QED) is 0.926. The number of rotatable bonds is 4. The van der Waals surface area contributed by atoms with Crippen molar-refractivity contribution < 1.29 is 4.79 Å². The Labute approximate surface area is 126 Å². The fraction of sp³-hybridized carbons (Fsp3) is 0.562. The lowest BCUT2D eigenvalue weighted by Crippen LogP contribution is -2.44. The molecule has 1 saturated carbocycles. The third kappa shape index (κ3) is 2.99. The minimum absolute atomic E-state index is 0.0813. The Balaban J connectivity index is 2.27. The number of benzene rings is 1. The lowest BCUT2D eigenvalue weighted by molar-refractivity contribution is 0.0651. The van der Waals surface area contributed by atoms with Crippen molar-refractivity contribution in [2.75, 3.05) is 13.1 Å². The van der Waals surface area contributed by atoms with Gasteiger partial charge in [-0.1, -0.05) is 24.1 Å². The van der Waals surface area contributed by atoms with E-state index >= 15 is 0 Å². The molecule has 0 aromatic heterocycles. The molecule has 2 rings (SSSR count). The molecule has 0 spiro atoms. The largest absolute Gasteiger partial charge is 0.336 e. The highest BCUT2D eigenvalue weighted by molar-refractivity contribution is 6.31. The summed E-state index contributed by atoms with van der Waals surface area (Å²) < 4.78 is 0. The van der Waals surface area contributed by atoms with Crippen LogP contribution < -0.4 is 5.73 Å². The number of halogens is 1. The Morgan fingerprint density at radius 3 is 2.85 bits per heavy atom. The van der Waals surface area contributed by atoms with Gasteiger partial charge < -0.3 is 10.6 Å². The number of carbonyl (C=O) groups is 1. The molecule has 1 amide bonds. The Bertz CT molecular complexity index is 489. The number of nitrogens with zero attached hydrogens (tertiary/aromatic N) is 1. The first-order chi connectivity index (χ1) is 9.58. The van der Waals surface area contributed by atoms with Gasteiger partial charge in [-0.15, -0.1) is 0 Å². The number of nitrogens with two attached hydrogens (primary N) is 1. The van der Waals surface area contributed by atoms with E-state index in [4.69, 9.17) is 17.3 Å². The normalized spacial score (nSPS) is 22.0. The molecule has 110 valence electrons. The predicted octanol–water partition coefficient (Wildman–Crippen LogP) is 3.24. The second kappa shape index (κ2) is 6.59. The molecular weight excluding hydrogens is 272 g/mol. The monoisotopic (exact) mass is 294 g/mol. The van der Waals surface area contributed by atoms with Crippen LogP contribution in [0.5, 0.6) is 0 Å². The number of carbonyl (C=O) groups excluding carboxylic acids is 1. The number of hydrogen-bond donors (Lipinski definition) is 1. The van der Waals surface area contributed by atoms with Gasteiger partial charge in [0.1, 0.15) is 0 Å². The van der Waals surface area contributed by atoms with E-state index in [2.05, 4.69) is 0 Å². The van der Waals surface area contributed by atoms with Crippen LogP contribution >= 0.6 is 11.6 Å². The van der Waals surface area contributed by atoms with Crippen LogP contribution in [0.3, 0.4) is 0 Å². The first-order valence-corrected chi connectivity index (χ1v) is 7.73. The maximum Gasteiger partial charge on any atom is 0.254 e. The summed E-state index contributed by atoms with van der Waals surface area (Å²) in [5.74, 6) is 0.510. The van der Waals surface area contributed by atoms with E-state index in [1.165, 1.54) is 0 Å². The van der Waals surface area contributed by atoms with Gasteiger partial charge in [-0.3, -0.25) is 4.79 Å². The highest BCUT2D eigenvalue weighted by atomic mass is 35.5. The Hall–Kier alpha value is -1.06. The number of amides is 1. The Morgan fingerprint density at radius 1 is 1.45 bits per heavy atom. The first-order valence-electron chi connectivity index (χ1n) is 7.35. The molecule has 1 aromatic carbocycles. The molecule has 1 aliphatic carbocycles. The molecule has 0 aliphatic heterocycles. The molecule has 0 saturated heterocycles. The molecule has 1 aromatic rings. The summed E-state index contributed by atoms with van der Waals surface area (Å²) in [6, 6.07) is 5.77. The number of aryl methyl sites for hydroxylation is 1. The van der Waals surface area contributed by atoms with Crippen molar-refractivity contribution in [1.29, 1.82) is 0 Å². The highest BCUT2D eigenvalue weighted by Crippen LogP contribution is 2.30. The van der Waals surface area contributed by atoms with E-state index < -0.39 is 0 Å². The maximum absolute atomic E-state index is 12.8. The average molecular weight is 295 g/mol. The van der Waals surface area contributed by atoms with Crippen molar-refractivity contribution in [3.05, 3.63) is 34.3 Å². The van der Waals surface area contributed by atoms with Crippen LogP contribution in [0.4, 0.5) is 0 Å². The molecule has 1 aliphatic rings. The van der Waals surface area contributed by atoms with Gasteiger partial charge in [0, 0.05) is 23.2 Å². The summed E-state index contributed by atoms with van der Waals surface area (Å²) in [6.07, 6.45) is 3.34. The van der Waals surface area contributed by atoms with Crippen molar-refractivity contribution >= 4 is 17.5 Å². The fourth-order valence-corrected chi connectivity index (χ4v) is 3.38. The van der Waals surface area contributed by atoms with Gasteiger partial charge >= 0.3 is 0 Å². The molecule has 2 N–H and O–H groups in total. The van der Waals surface area contributed by atoms with Crippen LogP contribution in [0.1, 0.15) is 42.1 Å². The molecule has 4 heteroatoms. The van der Waals surface area contributed by atoms with Crippen LogP contribution in [0.25, 0.3) is 0 Å². The summed E-state index contributed by atoms with van der Waals surface area (Å²) in [5.41, 5.74) is 7.53. The highest BCUT2D eigenvalue weighted by Gasteiger charge is 2.33. The van der Waals surface area contributed by atoms with Crippen LogP contribution in [-0.4, -0.2) is 29.9 Å². The second-order valence-electron chi connectivity index (χ2n) is 5.54. The van der Waals surface area contributed by atoms with Crippen LogP contribution in [0.15, 0.2) is 18.2 Å². The van der Waals surface area contributed by atoms with Crippen molar-refractivity contribution in [3.8, 4) is 0 Å². The Morgan fingerprint density at radius 2 is 2.20 bits per heavy atom. The second-order valence-corrected chi connectivity index (χ2v) is 5.98. The van der Waals surface area contributed by atoms with E-state index in [0.717, 1.165) is 24.8 Å². The lowest BCUT2D eigenvalue weighted by Gasteiger charge is -2.32. The first kappa shape index (κ1) is 15.3. The third-order valence-electron chi connectivity index (χ3n) is 4.35. The molecule has 3 nitrogen and oxygen atoms in total. The zero-order valence-corrected chi connectivity index (χ0v) is 13.0. The minimum atomic E-state index is 0.0813. The smallest absolute Gasteiger partial charge is 0.254 e. The molecule has 2 atom stereocenters. The summed E-state index contributed by atoms with van der Waals surface area (Å²) in [5, 5.41) is 0.608. The van der Waals surface area contributed by atoms with E-state index in [0.29, 0.717) is 29.6 Å². The van der Waals surface area contributed by atoms with E-state index in [-0.39, 0.29) is 11.9 Å². The topological polar surface area (TPSA) is 46.3 Å². The molecular formula is C16H23ClN2O. The van der Waals surface area contributed by atoms with Crippen molar-refractivity contribution in [2.45, 2.75) is 39.2 Å². The summed E-state index contributed by atoms with van der Waals surface area (Å²) in [4.78, 5) is 14.8. The van der Waals surface area contributed by atoms with Crippen LogP contribution in [0.2, 0.25) is 5.02 Å². The predicted molar refractivity (Wildman–Crippen MR) is 83.1 cm³/mol. The third-order valence-corrected chi connectivity index (χ3v) is 4.59. The summed E-state index contributed by atoms with van der Waals surface area (Å²) >= 11 is 6.03. The molecule has 1 fully saturated rings. The van der Waals surface area contributed by atoms with Gasteiger partial charge in [0.05, 0.1) is 0 Å². The average Bonchev–Trinajstić information content (AvgIpc) is 2.90. The molecule has 0 radical (unpaired) electrons. The zero-order valence-electron chi connectivity index (χ0n) is 12.2. The van der Waals surface area contributed by atoms with E-state index in [9.17, 15) is 4.79 Å². The zero-order chi connectivity index (χ0) is 14.7. The van der Waals surface area contributed by atoms with E-state index in [1.54, 1.807) is 6.07 Å². The standard InChI is InChI=1S/C16H23ClN2O/c1-3-19(15-6-4-5-12(15)10-18)16(20)14-9-13(17)8-7-11(14)2/h7-9,12,15H,3-6,10,18H2,1-2H3. The summed E-state index contributed by atoms with van der Waals surface area (Å²) in [6.45, 7) is 5.35. The van der Waals surface area contributed by atoms with Crippen molar-refractivity contribution in [1.82, 2.24) is 4.90 Å². The van der Waals surface area contributed by atoms with Crippen LogP contribution in [-0.2, 0) is 0 Å². The van der Waals surface area contributed by atoms with Crippen molar-refractivity contribution in [2.24, 2.45) is 11.7 Å². The maximum atomic E-state index is 12.8. The van der Waals surface area contributed by atoms with Crippen molar-refractivity contribution in [3.63, 3.8) is 0 Å². The van der Waals surface area contributed by atoms with Gasteiger partial charge in [0.25, 0.3) is 5.91 Å². The molecule has 0 bridgehead atoms. The van der Waals surface area contributed by atoms with Gasteiger partial charge in [0.2, 0.25) is 0 Å². The van der Waals surface area contributed by atoms with E-state index in [1.807, 2.05) is 30.9 Å². The molecule has 20 heavy (non-hydrogen) atoms. The minimum Gasteiger partial charge on any atom is -0.336 e. The fourth-order valence-electron chi connectivity index (χ4n) is 3.21. The lowest BCUT2D eigenvalue weighted by atomic mass is 10.00. The van der Waals surface area contributed by atoms with Gasteiger partial charge in [-0.05, 0) is 56.8 Å². The molecule has 2 unspecified atom stereocenters. The SMILES string of the molecule is CCN(C(=O)c1cc(Cl)ccc1C)C1CCCC1CN.